The van der Waals surface area contributed by atoms with Gasteiger partial charge in [-0.15, -0.1) is 0 Å². The molecule has 2 nitrogen and oxygen atoms in total. The fraction of sp³-hybridized carbons (Fsp3) is 0.750. The lowest BCUT2D eigenvalue weighted by Gasteiger charge is -2.14. The Labute approximate surface area is 62.1 Å². The summed E-state index contributed by atoms with van der Waals surface area (Å²) in [6, 6.07) is 0. The van der Waals surface area contributed by atoms with Crippen molar-refractivity contribution in [3.8, 4) is 0 Å². The highest BCUT2D eigenvalue weighted by Gasteiger charge is 2.37. The van der Waals surface area contributed by atoms with Crippen molar-refractivity contribution in [2.75, 3.05) is 0 Å². The molecule has 58 valence electrons. The first-order valence-electron chi connectivity index (χ1n) is 3.82. The van der Waals surface area contributed by atoms with Gasteiger partial charge < -0.3 is 10.5 Å². The number of ether oxygens (including phenoxy) is 1. The molecule has 0 amide bonds. The Hall–Kier alpha value is -0.500. The van der Waals surface area contributed by atoms with Gasteiger partial charge in [-0.3, -0.25) is 0 Å². The van der Waals surface area contributed by atoms with E-state index in [9.17, 15) is 0 Å². The fourth-order valence-corrected chi connectivity index (χ4v) is 0.926. The lowest BCUT2D eigenvalue weighted by atomic mass is 9.99. The molecule has 1 atom stereocenters. The van der Waals surface area contributed by atoms with E-state index in [0.717, 1.165) is 24.4 Å². The predicted molar refractivity (Wildman–Crippen MR) is 41.3 cm³/mol. The van der Waals surface area contributed by atoms with E-state index in [1.165, 1.54) is 0 Å². The van der Waals surface area contributed by atoms with Crippen molar-refractivity contribution >= 4 is 0 Å². The topological polar surface area (TPSA) is 38.5 Å². The first kappa shape index (κ1) is 7.61. The van der Waals surface area contributed by atoms with E-state index in [1.807, 2.05) is 6.92 Å². The Balaban J connectivity index is 2.60. The zero-order chi connectivity index (χ0) is 7.78. The molecule has 1 aliphatic rings. The van der Waals surface area contributed by atoms with Crippen LogP contribution in [0.25, 0.3) is 0 Å². The molecular formula is C8H15NO. The van der Waals surface area contributed by atoms with E-state index in [1.54, 1.807) is 0 Å². The van der Waals surface area contributed by atoms with Gasteiger partial charge in [-0.1, -0.05) is 13.8 Å². The molecule has 1 aliphatic heterocycles. The van der Waals surface area contributed by atoms with Gasteiger partial charge in [-0.25, -0.2) is 0 Å². The molecule has 0 radical (unpaired) electrons. The molecular weight excluding hydrogens is 126 g/mol. The highest BCUT2D eigenvalue weighted by atomic mass is 16.6. The maximum absolute atomic E-state index is 5.90. The molecule has 1 unspecified atom stereocenters. The lowest BCUT2D eigenvalue weighted by molar-refractivity contribution is 0.372. The summed E-state index contributed by atoms with van der Waals surface area (Å²) < 4.78 is 5.23. The number of hydrogen-bond acceptors (Lipinski definition) is 2. The molecule has 0 aliphatic carbocycles. The number of rotatable bonds is 3. The third kappa shape index (κ3) is 1.16. The van der Waals surface area contributed by atoms with Crippen LogP contribution in [0.5, 0.6) is 0 Å². The number of allylic oxidation sites excluding steroid dienone is 1. The largest absolute Gasteiger partial charge is 0.457 e. The molecule has 10 heavy (non-hydrogen) atoms. The van der Waals surface area contributed by atoms with Crippen LogP contribution in [-0.2, 0) is 4.74 Å². The first-order valence-corrected chi connectivity index (χ1v) is 3.82. The monoisotopic (exact) mass is 141 g/mol. The van der Waals surface area contributed by atoms with E-state index in [0.29, 0.717) is 0 Å². The van der Waals surface area contributed by atoms with E-state index in [2.05, 4.69) is 13.8 Å². The summed E-state index contributed by atoms with van der Waals surface area (Å²) in [7, 11) is 0. The maximum atomic E-state index is 5.90. The van der Waals surface area contributed by atoms with E-state index in [4.69, 9.17) is 10.5 Å². The molecule has 0 aromatic heterocycles. The quantitative estimate of drug-likeness (QED) is 0.650. The molecule has 2 N–H and O–H groups in total. The summed E-state index contributed by atoms with van der Waals surface area (Å²) >= 11 is 0. The minimum atomic E-state index is -0.217. The molecule has 0 aromatic rings. The highest BCUT2D eigenvalue weighted by molar-refractivity contribution is 5.27. The Morgan fingerprint density at radius 2 is 2.10 bits per heavy atom. The Bertz CT molecular complexity index is 170. The van der Waals surface area contributed by atoms with Crippen molar-refractivity contribution in [3.63, 3.8) is 0 Å². The Morgan fingerprint density at radius 1 is 1.50 bits per heavy atom. The van der Waals surface area contributed by atoms with Gasteiger partial charge in [0.25, 0.3) is 0 Å². The summed E-state index contributed by atoms with van der Waals surface area (Å²) in [5.41, 5.74) is 5.69. The van der Waals surface area contributed by atoms with Crippen LogP contribution < -0.4 is 5.73 Å². The van der Waals surface area contributed by atoms with Gasteiger partial charge in [0, 0.05) is 6.42 Å². The van der Waals surface area contributed by atoms with Crippen LogP contribution in [-0.4, -0.2) is 5.54 Å². The van der Waals surface area contributed by atoms with Crippen LogP contribution in [0.4, 0.5) is 0 Å². The molecule has 1 rings (SSSR count). The second-order valence-corrected chi connectivity index (χ2v) is 2.98. The van der Waals surface area contributed by atoms with Crippen LogP contribution in [0.1, 0.15) is 33.6 Å². The molecule has 0 saturated heterocycles. The zero-order valence-electron chi connectivity index (χ0n) is 6.90. The summed E-state index contributed by atoms with van der Waals surface area (Å²) in [6.07, 6.45) is 1.91. The predicted octanol–water partition coefficient (Wildman–Crippen LogP) is 1.77. The standard InChI is InChI=1S/C8H15NO/c1-4-6-7(10-6)8(3,9)5-2/h4-5,9H2,1-3H3. The van der Waals surface area contributed by atoms with E-state index in [-0.39, 0.29) is 5.54 Å². The van der Waals surface area contributed by atoms with Gasteiger partial charge in [-0.2, -0.15) is 0 Å². The van der Waals surface area contributed by atoms with Crippen molar-refractivity contribution in [2.24, 2.45) is 5.73 Å². The molecule has 0 fully saturated rings. The lowest BCUT2D eigenvalue weighted by Crippen LogP contribution is -2.34. The van der Waals surface area contributed by atoms with Crippen molar-refractivity contribution < 1.29 is 4.74 Å². The smallest absolute Gasteiger partial charge is 0.161 e. The SMILES string of the molecule is CCC1=C(C(C)(N)CC)O1. The van der Waals surface area contributed by atoms with Gasteiger partial charge in [0.2, 0.25) is 0 Å². The first-order chi connectivity index (χ1) is 4.61. The minimum Gasteiger partial charge on any atom is -0.457 e. The normalized spacial score (nSPS) is 22.0. The van der Waals surface area contributed by atoms with Crippen LogP contribution in [0.15, 0.2) is 11.5 Å². The maximum Gasteiger partial charge on any atom is 0.161 e. The van der Waals surface area contributed by atoms with Crippen molar-refractivity contribution in [3.05, 3.63) is 11.5 Å². The van der Waals surface area contributed by atoms with E-state index < -0.39 is 0 Å². The number of nitrogens with two attached hydrogens (primary N) is 1. The van der Waals surface area contributed by atoms with Crippen LogP contribution >= 0.6 is 0 Å². The average Bonchev–Trinajstić information content (AvgIpc) is 2.66. The van der Waals surface area contributed by atoms with Crippen LogP contribution in [0.2, 0.25) is 0 Å². The third-order valence-electron chi connectivity index (χ3n) is 2.01. The van der Waals surface area contributed by atoms with Gasteiger partial charge >= 0.3 is 0 Å². The second kappa shape index (κ2) is 2.27. The Kier molecular flexibility index (Phi) is 1.73. The number of hydrogen-bond donors (Lipinski definition) is 1. The minimum absolute atomic E-state index is 0.217. The third-order valence-corrected chi connectivity index (χ3v) is 2.01. The average molecular weight is 141 g/mol. The molecule has 0 bridgehead atoms. The molecule has 2 heteroatoms. The Morgan fingerprint density at radius 3 is 2.40 bits per heavy atom. The van der Waals surface area contributed by atoms with Gasteiger partial charge in [0.05, 0.1) is 5.54 Å². The highest BCUT2D eigenvalue weighted by Crippen LogP contribution is 2.37. The summed E-state index contributed by atoms with van der Waals surface area (Å²) in [6.45, 7) is 6.15. The summed E-state index contributed by atoms with van der Waals surface area (Å²) in [5, 5.41) is 0. The van der Waals surface area contributed by atoms with Crippen LogP contribution in [0, 0.1) is 0 Å². The molecule has 0 spiro atoms. The van der Waals surface area contributed by atoms with E-state index >= 15 is 0 Å². The summed E-state index contributed by atoms with van der Waals surface area (Å²) in [4.78, 5) is 0. The van der Waals surface area contributed by atoms with Gasteiger partial charge in [0.15, 0.2) is 5.76 Å². The second-order valence-electron chi connectivity index (χ2n) is 2.98. The van der Waals surface area contributed by atoms with Gasteiger partial charge in [-0.05, 0) is 13.3 Å². The van der Waals surface area contributed by atoms with Crippen molar-refractivity contribution in [2.45, 2.75) is 39.2 Å². The van der Waals surface area contributed by atoms with Gasteiger partial charge in [0.1, 0.15) is 5.76 Å². The van der Waals surface area contributed by atoms with Crippen molar-refractivity contribution in [1.29, 1.82) is 0 Å². The van der Waals surface area contributed by atoms with Crippen LogP contribution in [0.3, 0.4) is 0 Å². The zero-order valence-corrected chi connectivity index (χ0v) is 6.90. The summed E-state index contributed by atoms with van der Waals surface area (Å²) in [5.74, 6) is 2.10. The molecule has 1 heterocycles. The molecule has 0 saturated carbocycles. The fourth-order valence-electron chi connectivity index (χ4n) is 0.926. The van der Waals surface area contributed by atoms with Crippen molar-refractivity contribution in [1.82, 2.24) is 0 Å². The molecule has 0 aromatic carbocycles.